The number of ether oxygens (including phenoxy) is 1. The molecule has 0 fully saturated rings. The third kappa shape index (κ3) is 3.01. The minimum absolute atomic E-state index is 0.257. The molecule has 7 heteroatoms. The molecule has 0 radical (unpaired) electrons. The van der Waals surface area contributed by atoms with Crippen LogP contribution in [-0.4, -0.2) is 18.1 Å². The Labute approximate surface area is 135 Å². The zero-order valence-corrected chi connectivity index (χ0v) is 13.1. The monoisotopic (exact) mass is 349 g/mol. The van der Waals surface area contributed by atoms with Crippen molar-refractivity contribution in [2.45, 2.75) is 0 Å². The Morgan fingerprint density at radius 3 is 2.15 bits per heavy atom. The van der Waals surface area contributed by atoms with Crippen LogP contribution in [0.2, 0.25) is 20.1 Å². The molecule has 0 spiro atoms. The molecule has 1 aromatic heterocycles. The van der Waals surface area contributed by atoms with Crippen LogP contribution in [0.5, 0.6) is 0 Å². The molecule has 104 valence electrons. The van der Waals surface area contributed by atoms with E-state index in [1.54, 1.807) is 12.1 Å². The molecule has 1 aromatic carbocycles. The molecule has 0 atom stereocenters. The van der Waals surface area contributed by atoms with E-state index < -0.39 is 5.97 Å². The molecule has 0 aliphatic heterocycles. The third-order valence-corrected chi connectivity index (χ3v) is 4.00. The molecule has 20 heavy (non-hydrogen) atoms. The van der Waals surface area contributed by atoms with E-state index in [1.165, 1.54) is 19.4 Å². The van der Waals surface area contributed by atoms with Gasteiger partial charge in [-0.05, 0) is 18.2 Å². The molecule has 3 nitrogen and oxygen atoms in total. The summed E-state index contributed by atoms with van der Waals surface area (Å²) in [6, 6.07) is 4.66. The molecular weight excluding hydrogens is 344 g/mol. The molecular formula is C13H7Cl4NO2. The van der Waals surface area contributed by atoms with E-state index in [0.29, 0.717) is 21.3 Å². The topological polar surface area (TPSA) is 39.2 Å². The molecule has 0 N–H and O–H groups in total. The summed E-state index contributed by atoms with van der Waals surface area (Å²) in [5, 5.41) is 1.13. The predicted molar refractivity (Wildman–Crippen MR) is 81.1 cm³/mol. The lowest BCUT2D eigenvalue weighted by atomic mass is 10.1. The van der Waals surface area contributed by atoms with Crippen LogP contribution in [0.15, 0.2) is 24.4 Å². The van der Waals surface area contributed by atoms with E-state index in [2.05, 4.69) is 9.72 Å². The van der Waals surface area contributed by atoms with Crippen LogP contribution in [0, 0.1) is 0 Å². The molecule has 2 rings (SSSR count). The number of rotatable bonds is 2. The molecule has 0 unspecified atom stereocenters. The fourth-order valence-electron chi connectivity index (χ4n) is 1.57. The summed E-state index contributed by atoms with van der Waals surface area (Å²) in [6.45, 7) is 0. The van der Waals surface area contributed by atoms with Gasteiger partial charge in [0.1, 0.15) is 0 Å². The van der Waals surface area contributed by atoms with Gasteiger partial charge in [-0.3, -0.25) is 4.98 Å². The number of hydrogen-bond donors (Lipinski definition) is 0. The number of aromatic nitrogens is 1. The first kappa shape index (κ1) is 15.4. The Bertz CT molecular complexity index is 665. The maximum Gasteiger partial charge on any atom is 0.339 e. The van der Waals surface area contributed by atoms with Crippen LogP contribution in [0.4, 0.5) is 0 Å². The van der Waals surface area contributed by atoms with Gasteiger partial charge in [0.25, 0.3) is 0 Å². The highest BCUT2D eigenvalue weighted by molar-refractivity contribution is 6.48. The van der Waals surface area contributed by atoms with Crippen molar-refractivity contribution in [2.24, 2.45) is 0 Å². The van der Waals surface area contributed by atoms with Gasteiger partial charge in [0.2, 0.25) is 0 Å². The lowest BCUT2D eigenvalue weighted by Crippen LogP contribution is -2.02. The van der Waals surface area contributed by atoms with Crippen molar-refractivity contribution < 1.29 is 9.53 Å². The lowest BCUT2D eigenvalue weighted by molar-refractivity contribution is 0.0600. The molecule has 0 saturated heterocycles. The quantitative estimate of drug-likeness (QED) is 0.555. The van der Waals surface area contributed by atoms with Gasteiger partial charge in [0.15, 0.2) is 0 Å². The Balaban J connectivity index is 2.51. The van der Waals surface area contributed by atoms with Crippen molar-refractivity contribution in [3.8, 4) is 11.3 Å². The summed E-state index contributed by atoms with van der Waals surface area (Å²) >= 11 is 23.9. The summed E-state index contributed by atoms with van der Waals surface area (Å²) in [5.74, 6) is -0.516. The number of carbonyl (C=O) groups is 1. The highest BCUT2D eigenvalue weighted by Gasteiger charge is 2.14. The van der Waals surface area contributed by atoms with Crippen LogP contribution in [-0.2, 0) is 4.74 Å². The van der Waals surface area contributed by atoms with Crippen LogP contribution in [0.3, 0.4) is 0 Å². The van der Waals surface area contributed by atoms with Crippen molar-refractivity contribution in [3.63, 3.8) is 0 Å². The molecule has 0 bridgehead atoms. The second-order valence-corrected chi connectivity index (χ2v) is 5.40. The zero-order valence-electron chi connectivity index (χ0n) is 10.1. The maximum absolute atomic E-state index is 11.4. The van der Waals surface area contributed by atoms with Crippen LogP contribution < -0.4 is 0 Å². The number of nitrogens with zero attached hydrogens (tertiary/aromatic N) is 1. The number of pyridine rings is 1. The van der Waals surface area contributed by atoms with E-state index >= 15 is 0 Å². The van der Waals surface area contributed by atoms with E-state index in [4.69, 9.17) is 46.4 Å². The number of esters is 1. The highest BCUT2D eigenvalue weighted by atomic mass is 35.5. The van der Waals surface area contributed by atoms with E-state index in [1.807, 2.05) is 0 Å². The first-order valence-corrected chi connectivity index (χ1v) is 6.84. The fourth-order valence-corrected chi connectivity index (χ4v) is 2.44. The Kier molecular flexibility index (Phi) is 4.76. The Morgan fingerprint density at radius 2 is 1.65 bits per heavy atom. The van der Waals surface area contributed by atoms with Gasteiger partial charge in [-0.15, -0.1) is 0 Å². The first-order chi connectivity index (χ1) is 9.43. The summed E-state index contributed by atoms with van der Waals surface area (Å²) in [7, 11) is 1.28. The van der Waals surface area contributed by atoms with Gasteiger partial charge >= 0.3 is 5.97 Å². The number of methoxy groups -OCH3 is 1. The van der Waals surface area contributed by atoms with Crippen molar-refractivity contribution in [2.75, 3.05) is 7.11 Å². The second-order valence-electron chi connectivity index (χ2n) is 3.80. The van der Waals surface area contributed by atoms with Crippen LogP contribution >= 0.6 is 46.4 Å². The van der Waals surface area contributed by atoms with Crippen molar-refractivity contribution in [3.05, 3.63) is 50.0 Å². The van der Waals surface area contributed by atoms with Crippen LogP contribution in [0.25, 0.3) is 11.3 Å². The average molecular weight is 351 g/mol. The molecule has 1 heterocycles. The molecule has 0 saturated carbocycles. The van der Waals surface area contributed by atoms with Gasteiger partial charge in [0.05, 0.1) is 38.5 Å². The van der Waals surface area contributed by atoms with Gasteiger partial charge in [-0.25, -0.2) is 4.79 Å². The molecule has 0 aliphatic rings. The molecule has 0 amide bonds. The third-order valence-electron chi connectivity index (χ3n) is 2.52. The Morgan fingerprint density at radius 1 is 1.05 bits per heavy atom. The largest absolute Gasteiger partial charge is 0.465 e. The lowest BCUT2D eigenvalue weighted by Gasteiger charge is -2.08. The summed E-state index contributed by atoms with van der Waals surface area (Å²) < 4.78 is 4.59. The second kappa shape index (κ2) is 6.19. The Hall–Kier alpha value is -1.000. The van der Waals surface area contributed by atoms with Crippen molar-refractivity contribution in [1.82, 2.24) is 4.98 Å². The molecule has 2 aromatic rings. The number of carbonyl (C=O) groups excluding carboxylic acids is 1. The van der Waals surface area contributed by atoms with Crippen LogP contribution in [0.1, 0.15) is 10.4 Å². The van der Waals surface area contributed by atoms with Crippen molar-refractivity contribution >= 4 is 52.4 Å². The average Bonchev–Trinajstić information content (AvgIpc) is 2.43. The van der Waals surface area contributed by atoms with Gasteiger partial charge in [0, 0.05) is 11.8 Å². The maximum atomic E-state index is 11.4. The predicted octanol–water partition coefficient (Wildman–Crippen LogP) is 5.15. The smallest absolute Gasteiger partial charge is 0.339 e. The van der Waals surface area contributed by atoms with Crippen molar-refractivity contribution in [1.29, 1.82) is 0 Å². The van der Waals surface area contributed by atoms with Gasteiger partial charge < -0.3 is 4.74 Å². The standard InChI is InChI=1S/C13H7Cl4NO2/c1-20-13(19)7-4-10(16)12(18-5-7)6-2-8(14)11(17)9(15)3-6/h2-5H,1H3. The minimum atomic E-state index is -0.516. The first-order valence-electron chi connectivity index (χ1n) is 5.32. The zero-order chi connectivity index (χ0) is 14.9. The number of benzene rings is 1. The minimum Gasteiger partial charge on any atom is -0.465 e. The van der Waals surface area contributed by atoms with E-state index in [-0.39, 0.29) is 15.6 Å². The number of hydrogen-bond acceptors (Lipinski definition) is 3. The van der Waals surface area contributed by atoms with Gasteiger partial charge in [-0.2, -0.15) is 0 Å². The van der Waals surface area contributed by atoms with Gasteiger partial charge in [-0.1, -0.05) is 46.4 Å². The summed E-state index contributed by atoms with van der Waals surface area (Å²) in [5.41, 5.74) is 1.30. The normalized spacial score (nSPS) is 10.4. The summed E-state index contributed by atoms with van der Waals surface area (Å²) in [6.07, 6.45) is 1.36. The molecule has 0 aliphatic carbocycles. The fraction of sp³-hybridized carbons (Fsp3) is 0.0769. The van der Waals surface area contributed by atoms with E-state index in [0.717, 1.165) is 0 Å². The van der Waals surface area contributed by atoms with E-state index in [9.17, 15) is 4.79 Å². The highest BCUT2D eigenvalue weighted by Crippen LogP contribution is 2.36. The number of halogens is 4. The SMILES string of the molecule is COC(=O)c1cnc(-c2cc(Cl)c(Cl)c(Cl)c2)c(Cl)c1. The summed E-state index contributed by atoms with van der Waals surface area (Å²) in [4.78, 5) is 15.5.